The van der Waals surface area contributed by atoms with Crippen molar-refractivity contribution in [2.24, 2.45) is 0 Å². The van der Waals surface area contributed by atoms with E-state index < -0.39 is 0 Å². The number of rotatable bonds is 3. The third-order valence-corrected chi connectivity index (χ3v) is 8.13. The van der Waals surface area contributed by atoms with E-state index in [1.807, 2.05) is 36.4 Å². The maximum absolute atomic E-state index is 5.28. The molecule has 0 fully saturated rings. The average molecular weight is 538 g/mol. The van der Waals surface area contributed by atoms with Gasteiger partial charge in [-0.3, -0.25) is 8.97 Å². The highest BCUT2D eigenvalue weighted by Gasteiger charge is 2.20. The van der Waals surface area contributed by atoms with E-state index in [-0.39, 0.29) is 0 Å². The Labute approximate surface area is 241 Å². The molecule has 9 aromatic rings. The quantitative estimate of drug-likeness (QED) is 0.226. The fraction of sp³-hybridized carbons (Fsp3) is 0. The number of aromatic nitrogens is 5. The van der Waals surface area contributed by atoms with E-state index in [9.17, 15) is 0 Å². The molecule has 0 bridgehead atoms. The van der Waals surface area contributed by atoms with Gasteiger partial charge in [0.1, 0.15) is 11.3 Å². The summed E-state index contributed by atoms with van der Waals surface area (Å²) in [6.07, 6.45) is 2.19. The van der Waals surface area contributed by atoms with Crippen molar-refractivity contribution in [3.05, 3.63) is 140 Å². The SMILES string of the molecule is c1ccc(-c2ccc(-c3nc4ccccc4nc3-n3c4ccccc4c4cc5nc6ccccc6n5cc43)cc2)cc1. The topological polar surface area (TPSA) is 48.0 Å². The highest BCUT2D eigenvalue weighted by Crippen LogP contribution is 2.37. The number of pyridine rings is 1. The molecule has 0 saturated heterocycles. The standard InChI is InChI=1S/C37H23N5/c1-2-10-24(11-3-1)25-18-20-26(21-19-25)36-37(40-30-14-6-5-13-29(30)39-36)42-32-16-8-4-12-27(32)28-22-35-38-31-15-7-9-17-33(31)41(35)23-34(28)42/h1-23H. The monoisotopic (exact) mass is 537 g/mol. The van der Waals surface area contributed by atoms with Crippen LogP contribution in [-0.2, 0) is 0 Å². The number of benzene rings is 5. The lowest BCUT2D eigenvalue weighted by Crippen LogP contribution is -2.04. The van der Waals surface area contributed by atoms with E-state index in [1.165, 1.54) is 11.1 Å². The van der Waals surface area contributed by atoms with E-state index in [2.05, 4.69) is 112 Å². The molecule has 0 aliphatic heterocycles. The van der Waals surface area contributed by atoms with Crippen molar-refractivity contribution in [2.45, 2.75) is 0 Å². The molecule has 5 nitrogen and oxygen atoms in total. The molecule has 0 aliphatic carbocycles. The summed E-state index contributed by atoms with van der Waals surface area (Å²) in [5, 5.41) is 2.29. The van der Waals surface area contributed by atoms with Crippen LogP contribution in [0.4, 0.5) is 0 Å². The molecule has 5 aromatic carbocycles. The van der Waals surface area contributed by atoms with Crippen LogP contribution in [0.5, 0.6) is 0 Å². The lowest BCUT2D eigenvalue weighted by molar-refractivity contribution is 1.07. The van der Waals surface area contributed by atoms with Crippen molar-refractivity contribution in [2.75, 3.05) is 0 Å². The first kappa shape index (κ1) is 22.9. The number of hydrogen-bond donors (Lipinski definition) is 0. The lowest BCUT2D eigenvalue weighted by atomic mass is 10.0. The Kier molecular flexibility index (Phi) is 4.83. The molecule has 0 saturated carbocycles. The van der Waals surface area contributed by atoms with Crippen molar-refractivity contribution in [3.8, 4) is 28.2 Å². The van der Waals surface area contributed by atoms with Gasteiger partial charge in [0.05, 0.1) is 33.1 Å². The highest BCUT2D eigenvalue weighted by atomic mass is 15.1. The molecule has 9 rings (SSSR count). The predicted molar refractivity (Wildman–Crippen MR) is 171 cm³/mol. The van der Waals surface area contributed by atoms with Crippen molar-refractivity contribution in [1.82, 2.24) is 23.9 Å². The van der Waals surface area contributed by atoms with Crippen molar-refractivity contribution >= 4 is 49.5 Å². The Bertz CT molecular complexity index is 2450. The normalized spacial score (nSPS) is 11.8. The van der Waals surface area contributed by atoms with Crippen molar-refractivity contribution < 1.29 is 0 Å². The first-order valence-corrected chi connectivity index (χ1v) is 14.0. The van der Waals surface area contributed by atoms with Gasteiger partial charge >= 0.3 is 0 Å². The van der Waals surface area contributed by atoms with Gasteiger partial charge in [0, 0.05) is 22.5 Å². The van der Waals surface area contributed by atoms with Crippen LogP contribution in [0.2, 0.25) is 0 Å². The minimum absolute atomic E-state index is 0.802. The molecule has 4 heterocycles. The van der Waals surface area contributed by atoms with Gasteiger partial charge in [0.15, 0.2) is 5.82 Å². The van der Waals surface area contributed by atoms with Gasteiger partial charge in [0.2, 0.25) is 0 Å². The van der Waals surface area contributed by atoms with Crippen LogP contribution in [0.15, 0.2) is 140 Å². The van der Waals surface area contributed by atoms with E-state index in [4.69, 9.17) is 15.0 Å². The summed E-state index contributed by atoms with van der Waals surface area (Å²) in [6, 6.07) is 46.1. The minimum atomic E-state index is 0.802. The van der Waals surface area contributed by atoms with Gasteiger partial charge in [-0.05, 0) is 47.5 Å². The van der Waals surface area contributed by atoms with Gasteiger partial charge in [-0.15, -0.1) is 0 Å². The van der Waals surface area contributed by atoms with Gasteiger partial charge in [0.25, 0.3) is 0 Å². The summed E-state index contributed by atoms with van der Waals surface area (Å²) in [5.41, 5.74) is 11.1. The molecule has 0 aliphatic rings. The molecule has 0 N–H and O–H groups in total. The van der Waals surface area contributed by atoms with Crippen molar-refractivity contribution in [3.63, 3.8) is 0 Å². The Hall–Kier alpha value is -5.81. The van der Waals surface area contributed by atoms with Crippen LogP contribution < -0.4 is 0 Å². The third-order valence-electron chi connectivity index (χ3n) is 8.13. The Morgan fingerprint density at radius 2 is 1.05 bits per heavy atom. The zero-order chi connectivity index (χ0) is 27.6. The molecule has 0 unspecified atom stereocenters. The fourth-order valence-corrected chi connectivity index (χ4v) is 6.14. The molecule has 4 aromatic heterocycles. The Morgan fingerprint density at radius 3 is 1.86 bits per heavy atom. The largest absolute Gasteiger partial charge is 0.297 e. The van der Waals surface area contributed by atoms with Crippen LogP contribution in [0.1, 0.15) is 0 Å². The number of para-hydroxylation sites is 5. The first-order valence-electron chi connectivity index (χ1n) is 14.0. The Morgan fingerprint density at radius 1 is 0.429 bits per heavy atom. The van der Waals surface area contributed by atoms with E-state index in [1.54, 1.807) is 0 Å². The smallest absolute Gasteiger partial charge is 0.165 e. The average Bonchev–Trinajstić information content (AvgIpc) is 3.58. The molecule has 196 valence electrons. The first-order chi connectivity index (χ1) is 20.8. The summed E-state index contributed by atoms with van der Waals surface area (Å²) in [7, 11) is 0. The maximum atomic E-state index is 5.28. The summed E-state index contributed by atoms with van der Waals surface area (Å²) >= 11 is 0. The highest BCUT2D eigenvalue weighted by molar-refractivity contribution is 6.11. The van der Waals surface area contributed by atoms with Gasteiger partial charge in [-0.1, -0.05) is 97.1 Å². The molecule has 5 heteroatoms. The third kappa shape index (κ3) is 3.40. The molecular formula is C37H23N5. The molecule has 0 radical (unpaired) electrons. The van der Waals surface area contributed by atoms with E-state index in [0.29, 0.717) is 0 Å². The molecule has 0 spiro atoms. The second-order valence-electron chi connectivity index (χ2n) is 10.6. The minimum Gasteiger partial charge on any atom is -0.297 e. The summed E-state index contributed by atoms with van der Waals surface area (Å²) in [6.45, 7) is 0. The number of imidazole rings is 1. The number of fused-ring (bicyclic) bond motifs is 7. The second kappa shape index (κ2) is 8.85. The number of hydrogen-bond acceptors (Lipinski definition) is 3. The van der Waals surface area contributed by atoms with E-state index in [0.717, 1.165) is 66.6 Å². The number of nitrogens with zero attached hydrogens (tertiary/aromatic N) is 5. The molecule has 42 heavy (non-hydrogen) atoms. The summed E-state index contributed by atoms with van der Waals surface area (Å²) in [5.74, 6) is 0.802. The zero-order valence-corrected chi connectivity index (χ0v) is 22.5. The fourth-order valence-electron chi connectivity index (χ4n) is 6.14. The summed E-state index contributed by atoms with van der Waals surface area (Å²) < 4.78 is 4.44. The van der Waals surface area contributed by atoms with Crippen molar-refractivity contribution in [1.29, 1.82) is 0 Å². The van der Waals surface area contributed by atoms with Crippen LogP contribution in [0.25, 0.3) is 77.7 Å². The van der Waals surface area contributed by atoms with Gasteiger partial charge in [-0.2, -0.15) is 0 Å². The van der Waals surface area contributed by atoms with Crippen LogP contribution in [-0.4, -0.2) is 23.9 Å². The second-order valence-corrected chi connectivity index (χ2v) is 10.6. The predicted octanol–water partition coefficient (Wildman–Crippen LogP) is 8.86. The maximum Gasteiger partial charge on any atom is 0.165 e. The molecular weight excluding hydrogens is 514 g/mol. The summed E-state index contributed by atoms with van der Waals surface area (Å²) in [4.78, 5) is 15.4. The molecule has 0 atom stereocenters. The lowest BCUT2D eigenvalue weighted by Gasteiger charge is -2.14. The van der Waals surface area contributed by atoms with Crippen LogP contribution >= 0.6 is 0 Å². The van der Waals surface area contributed by atoms with Crippen LogP contribution in [0.3, 0.4) is 0 Å². The molecule has 0 amide bonds. The zero-order valence-electron chi connectivity index (χ0n) is 22.5. The van der Waals surface area contributed by atoms with Gasteiger partial charge in [-0.25, -0.2) is 15.0 Å². The van der Waals surface area contributed by atoms with E-state index >= 15 is 0 Å². The van der Waals surface area contributed by atoms with Gasteiger partial charge < -0.3 is 0 Å². The van der Waals surface area contributed by atoms with Crippen LogP contribution in [0, 0.1) is 0 Å². The Balaban J connectivity index is 1.36.